The topological polar surface area (TPSA) is 58.1 Å². The summed E-state index contributed by atoms with van der Waals surface area (Å²) in [6.07, 6.45) is 0. The first-order valence-corrected chi connectivity index (χ1v) is 9.35. The monoisotopic (exact) mass is 384 g/mol. The summed E-state index contributed by atoms with van der Waals surface area (Å²) in [5.74, 6) is -0.610. The molecule has 0 amide bonds. The number of guanidine groups is 1. The van der Waals surface area contributed by atoms with Gasteiger partial charge in [-0.3, -0.25) is 9.89 Å². The van der Waals surface area contributed by atoms with Gasteiger partial charge in [0, 0.05) is 31.2 Å². The molecular weight excluding hydrogens is 354 g/mol. The molecule has 1 aliphatic rings. The van der Waals surface area contributed by atoms with E-state index in [4.69, 9.17) is 9.47 Å². The van der Waals surface area contributed by atoms with Crippen molar-refractivity contribution in [3.63, 3.8) is 0 Å². The van der Waals surface area contributed by atoms with Crippen LogP contribution in [0, 0.1) is 11.6 Å². The Morgan fingerprint density at radius 2 is 2.00 bits per heavy atom. The average molecular weight is 384 g/mol. The second kappa shape index (κ2) is 10.4. The lowest BCUT2D eigenvalue weighted by Gasteiger charge is -2.39. The maximum atomic E-state index is 13.6. The molecule has 8 heteroatoms. The van der Waals surface area contributed by atoms with E-state index in [1.807, 2.05) is 6.92 Å². The number of nitrogens with zero attached hydrogens (tertiary/aromatic N) is 2. The van der Waals surface area contributed by atoms with E-state index in [9.17, 15) is 8.78 Å². The van der Waals surface area contributed by atoms with Gasteiger partial charge >= 0.3 is 0 Å². The predicted octanol–water partition coefficient (Wildman–Crippen LogP) is 2.01. The first-order valence-electron chi connectivity index (χ1n) is 9.35. The van der Waals surface area contributed by atoms with Crippen LogP contribution in [0.1, 0.15) is 20.8 Å². The maximum absolute atomic E-state index is 13.6. The van der Waals surface area contributed by atoms with Crippen LogP contribution >= 0.6 is 0 Å². The third kappa shape index (κ3) is 6.95. The number of hydrogen-bond acceptors (Lipinski definition) is 4. The van der Waals surface area contributed by atoms with E-state index in [1.165, 1.54) is 12.1 Å². The van der Waals surface area contributed by atoms with Gasteiger partial charge in [-0.05, 0) is 32.9 Å². The first kappa shape index (κ1) is 21.4. The van der Waals surface area contributed by atoms with E-state index in [0.29, 0.717) is 19.0 Å². The van der Waals surface area contributed by atoms with Gasteiger partial charge in [0.05, 0.1) is 26.3 Å². The van der Waals surface area contributed by atoms with Gasteiger partial charge in [0.2, 0.25) is 0 Å². The highest BCUT2D eigenvalue weighted by molar-refractivity contribution is 5.79. The van der Waals surface area contributed by atoms with Crippen LogP contribution in [0.4, 0.5) is 8.78 Å². The molecule has 1 aromatic carbocycles. The van der Waals surface area contributed by atoms with Gasteiger partial charge in [0.25, 0.3) is 0 Å². The summed E-state index contributed by atoms with van der Waals surface area (Å²) in [7, 11) is 0. The Labute approximate surface area is 159 Å². The van der Waals surface area contributed by atoms with E-state index in [-0.39, 0.29) is 17.9 Å². The summed E-state index contributed by atoms with van der Waals surface area (Å²) in [6.45, 7) is 11.7. The molecule has 0 saturated carbocycles. The number of hydrogen-bond donors (Lipinski definition) is 2. The number of rotatable bonds is 8. The van der Waals surface area contributed by atoms with Crippen molar-refractivity contribution in [3.8, 4) is 5.75 Å². The summed E-state index contributed by atoms with van der Waals surface area (Å²) in [5.41, 5.74) is -0.0696. The normalized spacial score (nSPS) is 16.3. The lowest BCUT2D eigenvalue weighted by molar-refractivity contribution is -0.00683. The third-order valence-electron chi connectivity index (χ3n) is 4.38. The van der Waals surface area contributed by atoms with Crippen molar-refractivity contribution < 1.29 is 18.3 Å². The lowest BCUT2D eigenvalue weighted by Crippen LogP contribution is -2.52. The molecule has 1 heterocycles. The fourth-order valence-corrected chi connectivity index (χ4v) is 2.81. The quantitative estimate of drug-likeness (QED) is 0.408. The molecule has 0 aliphatic carbocycles. The summed E-state index contributed by atoms with van der Waals surface area (Å²) in [5, 5.41) is 6.36. The molecule has 0 bridgehead atoms. The molecule has 1 aliphatic heterocycles. The van der Waals surface area contributed by atoms with Gasteiger partial charge < -0.3 is 20.1 Å². The van der Waals surface area contributed by atoms with Crippen LogP contribution in [0.3, 0.4) is 0 Å². The van der Waals surface area contributed by atoms with Gasteiger partial charge in [-0.15, -0.1) is 0 Å². The van der Waals surface area contributed by atoms with E-state index in [1.54, 1.807) is 0 Å². The minimum absolute atomic E-state index is 0.0357. The molecule has 27 heavy (non-hydrogen) atoms. The van der Waals surface area contributed by atoms with Crippen molar-refractivity contribution >= 4 is 5.96 Å². The van der Waals surface area contributed by atoms with Crippen molar-refractivity contribution in [1.29, 1.82) is 0 Å². The predicted molar refractivity (Wildman–Crippen MR) is 102 cm³/mol. The van der Waals surface area contributed by atoms with Crippen LogP contribution < -0.4 is 15.4 Å². The zero-order valence-corrected chi connectivity index (χ0v) is 16.4. The van der Waals surface area contributed by atoms with Crippen molar-refractivity contribution in [3.05, 3.63) is 29.8 Å². The molecule has 0 aromatic heterocycles. The summed E-state index contributed by atoms with van der Waals surface area (Å²) in [6, 6.07) is 3.27. The van der Waals surface area contributed by atoms with Crippen molar-refractivity contribution in [2.45, 2.75) is 26.3 Å². The van der Waals surface area contributed by atoms with Crippen LogP contribution in [0.2, 0.25) is 0 Å². The zero-order chi connectivity index (χ0) is 19.7. The van der Waals surface area contributed by atoms with E-state index >= 15 is 0 Å². The number of aliphatic imine (C=N–C) groups is 1. The molecular formula is C19H30F2N4O2. The number of nitrogens with one attached hydrogen (secondary N) is 2. The molecule has 152 valence electrons. The minimum atomic E-state index is -0.706. The Hall–Kier alpha value is -1.93. The van der Waals surface area contributed by atoms with Gasteiger partial charge in [0.1, 0.15) is 12.4 Å². The molecule has 1 saturated heterocycles. The van der Waals surface area contributed by atoms with Crippen LogP contribution in [0.5, 0.6) is 5.75 Å². The smallest absolute Gasteiger partial charge is 0.191 e. The molecule has 0 unspecified atom stereocenters. The number of ether oxygens (including phenoxy) is 2. The Bertz CT molecular complexity index is 620. The summed E-state index contributed by atoms with van der Waals surface area (Å²) in [4.78, 5) is 7.05. The van der Waals surface area contributed by atoms with Crippen LogP contribution in [0.15, 0.2) is 23.2 Å². The Morgan fingerprint density at radius 3 is 2.67 bits per heavy atom. The second-order valence-electron chi connectivity index (χ2n) is 6.96. The highest BCUT2D eigenvalue weighted by Crippen LogP contribution is 2.17. The van der Waals surface area contributed by atoms with E-state index in [0.717, 1.165) is 38.9 Å². The number of morpholine rings is 1. The molecule has 2 N–H and O–H groups in total. The lowest BCUT2D eigenvalue weighted by atomic mass is 10.0. The molecule has 0 spiro atoms. The third-order valence-corrected chi connectivity index (χ3v) is 4.38. The maximum Gasteiger partial charge on any atom is 0.191 e. The summed E-state index contributed by atoms with van der Waals surface area (Å²) >= 11 is 0. The van der Waals surface area contributed by atoms with Crippen molar-refractivity contribution in [2.24, 2.45) is 4.99 Å². The highest BCUT2D eigenvalue weighted by Gasteiger charge is 2.28. The largest absolute Gasteiger partial charge is 0.489 e. The van der Waals surface area contributed by atoms with E-state index in [2.05, 4.69) is 34.4 Å². The van der Waals surface area contributed by atoms with Crippen LogP contribution in [-0.2, 0) is 4.74 Å². The van der Waals surface area contributed by atoms with Crippen LogP contribution in [0.25, 0.3) is 0 Å². The molecule has 0 atom stereocenters. The van der Waals surface area contributed by atoms with Gasteiger partial charge in [0.15, 0.2) is 17.5 Å². The average Bonchev–Trinajstić information content (AvgIpc) is 2.65. The molecule has 1 aromatic rings. The van der Waals surface area contributed by atoms with Gasteiger partial charge in [-0.1, -0.05) is 0 Å². The second-order valence-corrected chi connectivity index (χ2v) is 6.96. The molecule has 0 radical (unpaired) electrons. The fourth-order valence-electron chi connectivity index (χ4n) is 2.81. The molecule has 2 rings (SSSR count). The molecule has 1 fully saturated rings. The van der Waals surface area contributed by atoms with Crippen molar-refractivity contribution in [1.82, 2.24) is 15.5 Å². The minimum Gasteiger partial charge on any atom is -0.489 e. The Morgan fingerprint density at radius 1 is 1.26 bits per heavy atom. The number of halogens is 2. The van der Waals surface area contributed by atoms with E-state index < -0.39 is 11.6 Å². The fraction of sp³-hybridized carbons (Fsp3) is 0.632. The number of benzene rings is 1. The first-order chi connectivity index (χ1) is 12.9. The summed E-state index contributed by atoms with van der Waals surface area (Å²) < 4.78 is 37.2. The Kier molecular flexibility index (Phi) is 8.24. The van der Waals surface area contributed by atoms with Gasteiger partial charge in [-0.25, -0.2) is 8.78 Å². The molecule has 6 nitrogen and oxygen atoms in total. The van der Waals surface area contributed by atoms with Gasteiger partial charge in [-0.2, -0.15) is 0 Å². The Balaban J connectivity index is 1.82. The SMILES string of the molecule is CCNC(=NCC(C)(C)N1CCOCC1)NCCOc1ccc(F)cc1F. The zero-order valence-electron chi connectivity index (χ0n) is 16.4. The van der Waals surface area contributed by atoms with Crippen molar-refractivity contribution in [2.75, 3.05) is 52.5 Å². The highest BCUT2D eigenvalue weighted by atomic mass is 19.1. The standard InChI is InChI=1S/C19H30F2N4O2/c1-4-22-18(24-14-19(2,3)25-8-11-26-12-9-25)23-7-10-27-17-6-5-15(20)13-16(17)21/h5-6,13H,4,7-12,14H2,1-3H3,(H2,22,23,24). The van der Waals surface area contributed by atoms with Crippen LogP contribution in [-0.4, -0.2) is 68.9 Å².